The van der Waals surface area contributed by atoms with Crippen LogP contribution in [0.1, 0.15) is 22.7 Å². The first-order valence-corrected chi connectivity index (χ1v) is 11.4. The quantitative estimate of drug-likeness (QED) is 0.295. The number of nitrogens with one attached hydrogen (secondary N) is 2. The predicted molar refractivity (Wildman–Crippen MR) is 138 cm³/mol. The summed E-state index contributed by atoms with van der Waals surface area (Å²) in [5.74, 6) is -0.205. The first kappa shape index (κ1) is 23.6. The maximum atomic E-state index is 13.3. The molecule has 1 unspecified atom stereocenters. The van der Waals surface area contributed by atoms with Crippen LogP contribution in [0.25, 0.3) is 11.1 Å². The van der Waals surface area contributed by atoms with Gasteiger partial charge in [0.2, 0.25) is 5.91 Å². The van der Waals surface area contributed by atoms with Crippen LogP contribution >= 0.6 is 24.4 Å². The minimum atomic E-state index is -0.558. The molecule has 0 aliphatic heterocycles. The molecule has 0 saturated heterocycles. The Kier molecular flexibility index (Phi) is 7.65. The topological polar surface area (TPSA) is 82.7 Å². The molecule has 0 bridgehead atoms. The maximum absolute atomic E-state index is 13.3. The average Bonchev–Trinajstić information content (AvgIpc) is 3.30. The standard InChI is InChI=1S/C26H22ClN5OS/c27-23-14-21(22-16-30-32(34)17-22)10-11-24(23)31-26(33)25(20-4-2-1-3-5-20)29-13-12-18-6-8-19(15-28)9-7-18/h1-11,14,16-17,25,29,34H,12-13H2,(H,31,33). The first-order chi connectivity index (χ1) is 16.5. The Morgan fingerprint density at radius 2 is 1.85 bits per heavy atom. The number of amides is 1. The third-order valence-corrected chi connectivity index (χ3v) is 5.90. The van der Waals surface area contributed by atoms with Crippen molar-refractivity contribution in [1.29, 1.82) is 5.26 Å². The number of thiol groups is 1. The highest BCUT2D eigenvalue weighted by atomic mass is 35.5. The number of carbonyl (C=O) groups is 1. The Morgan fingerprint density at radius 3 is 2.50 bits per heavy atom. The van der Waals surface area contributed by atoms with Crippen molar-refractivity contribution in [1.82, 2.24) is 14.5 Å². The number of rotatable bonds is 8. The predicted octanol–water partition coefficient (Wildman–Crippen LogP) is 5.28. The van der Waals surface area contributed by atoms with Crippen molar-refractivity contribution in [3.63, 3.8) is 0 Å². The summed E-state index contributed by atoms with van der Waals surface area (Å²) < 4.78 is 1.42. The molecule has 2 N–H and O–H groups in total. The van der Waals surface area contributed by atoms with Gasteiger partial charge in [0.15, 0.2) is 0 Å². The van der Waals surface area contributed by atoms with E-state index in [-0.39, 0.29) is 5.91 Å². The van der Waals surface area contributed by atoms with Crippen LogP contribution in [0.4, 0.5) is 5.69 Å². The van der Waals surface area contributed by atoms with Gasteiger partial charge in [-0.15, -0.1) is 0 Å². The second kappa shape index (κ2) is 11.0. The van der Waals surface area contributed by atoms with Gasteiger partial charge in [0.05, 0.1) is 28.5 Å². The van der Waals surface area contributed by atoms with Crippen LogP contribution in [0.15, 0.2) is 85.2 Å². The zero-order valence-corrected chi connectivity index (χ0v) is 19.8. The number of hydrogen-bond donors (Lipinski definition) is 3. The molecule has 0 fully saturated rings. The van der Waals surface area contributed by atoms with Gasteiger partial charge in [0, 0.05) is 18.3 Å². The molecule has 1 heterocycles. The number of benzene rings is 3. The van der Waals surface area contributed by atoms with Crippen LogP contribution in [0, 0.1) is 11.3 Å². The molecule has 1 atom stereocenters. The van der Waals surface area contributed by atoms with Crippen molar-refractivity contribution in [2.75, 3.05) is 11.9 Å². The van der Waals surface area contributed by atoms with Crippen LogP contribution in [0.3, 0.4) is 0 Å². The molecule has 0 aliphatic carbocycles. The molecule has 4 aromatic rings. The Labute approximate surface area is 208 Å². The molecule has 0 radical (unpaired) electrons. The van der Waals surface area contributed by atoms with Crippen molar-refractivity contribution in [2.45, 2.75) is 12.5 Å². The van der Waals surface area contributed by atoms with Crippen molar-refractivity contribution in [3.8, 4) is 17.2 Å². The monoisotopic (exact) mass is 487 g/mol. The summed E-state index contributed by atoms with van der Waals surface area (Å²) in [6, 6.07) is 24.0. The smallest absolute Gasteiger partial charge is 0.246 e. The number of aromatic nitrogens is 2. The summed E-state index contributed by atoms with van der Waals surface area (Å²) >= 11 is 10.6. The third-order valence-electron chi connectivity index (χ3n) is 5.37. The van der Waals surface area contributed by atoms with Crippen molar-refractivity contribution in [2.24, 2.45) is 0 Å². The fourth-order valence-electron chi connectivity index (χ4n) is 3.58. The Bertz CT molecular complexity index is 1320. The number of hydrogen-bond acceptors (Lipinski definition) is 5. The minimum absolute atomic E-state index is 0.205. The molecule has 6 nitrogen and oxygen atoms in total. The molecule has 170 valence electrons. The minimum Gasteiger partial charge on any atom is -0.323 e. The Balaban J connectivity index is 1.46. The number of anilines is 1. The van der Waals surface area contributed by atoms with Crippen molar-refractivity contribution >= 4 is 36.0 Å². The molecule has 0 spiro atoms. The molecular formula is C26H22ClN5OS. The molecule has 0 saturated carbocycles. The highest BCUT2D eigenvalue weighted by molar-refractivity contribution is 7.78. The summed E-state index contributed by atoms with van der Waals surface area (Å²) in [4.78, 5) is 13.3. The zero-order valence-electron chi connectivity index (χ0n) is 18.1. The van der Waals surface area contributed by atoms with Crippen LogP contribution in [-0.2, 0) is 11.2 Å². The highest BCUT2D eigenvalue weighted by Crippen LogP contribution is 2.29. The van der Waals surface area contributed by atoms with Gasteiger partial charge in [0.1, 0.15) is 6.04 Å². The number of nitrogens with zero attached hydrogens (tertiary/aromatic N) is 3. The summed E-state index contributed by atoms with van der Waals surface area (Å²) in [6.07, 6.45) is 4.19. The van der Waals surface area contributed by atoms with Crippen LogP contribution in [-0.4, -0.2) is 21.6 Å². The molecule has 4 rings (SSSR count). The molecule has 1 aromatic heterocycles. The second-order valence-electron chi connectivity index (χ2n) is 7.69. The maximum Gasteiger partial charge on any atom is 0.246 e. The van der Waals surface area contributed by atoms with E-state index in [4.69, 9.17) is 16.9 Å². The van der Waals surface area contributed by atoms with Crippen LogP contribution < -0.4 is 10.6 Å². The van der Waals surface area contributed by atoms with E-state index in [1.165, 1.54) is 4.09 Å². The number of halogens is 1. The lowest BCUT2D eigenvalue weighted by atomic mass is 10.0. The van der Waals surface area contributed by atoms with Gasteiger partial charge in [-0.3, -0.25) is 4.79 Å². The van der Waals surface area contributed by atoms with E-state index >= 15 is 0 Å². The molecular weight excluding hydrogens is 466 g/mol. The van der Waals surface area contributed by atoms with Gasteiger partial charge in [0.25, 0.3) is 0 Å². The number of nitriles is 1. The largest absolute Gasteiger partial charge is 0.323 e. The van der Waals surface area contributed by atoms with Crippen molar-refractivity contribution in [3.05, 3.63) is 107 Å². The summed E-state index contributed by atoms with van der Waals surface area (Å²) in [5.41, 5.74) is 4.85. The van der Waals surface area contributed by atoms with Crippen LogP contribution in [0.2, 0.25) is 5.02 Å². The van der Waals surface area contributed by atoms with E-state index in [9.17, 15) is 4.79 Å². The van der Waals surface area contributed by atoms with E-state index in [1.807, 2.05) is 48.5 Å². The lowest BCUT2D eigenvalue weighted by molar-refractivity contribution is -0.118. The van der Waals surface area contributed by atoms with E-state index < -0.39 is 6.04 Å². The third kappa shape index (κ3) is 5.86. The summed E-state index contributed by atoms with van der Waals surface area (Å²) in [5, 5.41) is 19.7. The van der Waals surface area contributed by atoms with Gasteiger partial charge < -0.3 is 10.6 Å². The molecule has 3 aromatic carbocycles. The Hall–Kier alpha value is -3.57. The van der Waals surface area contributed by atoms with E-state index in [0.717, 1.165) is 28.7 Å². The lowest BCUT2D eigenvalue weighted by Crippen LogP contribution is -2.34. The molecule has 34 heavy (non-hydrogen) atoms. The van der Waals surface area contributed by atoms with Gasteiger partial charge in [-0.25, -0.2) is 4.09 Å². The van der Waals surface area contributed by atoms with E-state index in [2.05, 4.69) is 34.6 Å². The van der Waals surface area contributed by atoms with Crippen LogP contribution in [0.5, 0.6) is 0 Å². The van der Waals surface area contributed by atoms with E-state index in [1.54, 1.807) is 36.7 Å². The summed E-state index contributed by atoms with van der Waals surface area (Å²) in [7, 11) is 0. The molecule has 8 heteroatoms. The van der Waals surface area contributed by atoms with E-state index in [0.29, 0.717) is 22.8 Å². The lowest BCUT2D eigenvalue weighted by Gasteiger charge is -2.20. The van der Waals surface area contributed by atoms with Gasteiger partial charge in [-0.2, -0.15) is 10.4 Å². The fraction of sp³-hybridized carbons (Fsp3) is 0.115. The average molecular weight is 488 g/mol. The fourth-order valence-corrected chi connectivity index (χ4v) is 3.98. The molecule has 0 aliphatic rings. The normalized spacial score (nSPS) is 11.6. The summed E-state index contributed by atoms with van der Waals surface area (Å²) in [6.45, 7) is 0.583. The SMILES string of the molecule is N#Cc1ccc(CCNC(C(=O)Nc2ccc(-c3cnn(S)c3)cc2Cl)c2ccccc2)cc1. The first-order valence-electron chi connectivity index (χ1n) is 10.7. The van der Waals surface area contributed by atoms with Gasteiger partial charge in [-0.1, -0.05) is 60.1 Å². The highest BCUT2D eigenvalue weighted by Gasteiger charge is 2.21. The Morgan fingerprint density at radius 1 is 1.09 bits per heavy atom. The van der Waals surface area contributed by atoms with Gasteiger partial charge >= 0.3 is 0 Å². The molecule has 1 amide bonds. The van der Waals surface area contributed by atoms with Gasteiger partial charge in [-0.05, 0) is 60.2 Å². The zero-order chi connectivity index (χ0) is 23.9. The van der Waals surface area contributed by atoms with Crippen molar-refractivity contribution < 1.29 is 4.79 Å². The number of carbonyl (C=O) groups excluding carboxylic acids is 1. The second-order valence-corrected chi connectivity index (χ2v) is 8.51.